The Bertz CT molecular complexity index is 1010. The highest BCUT2D eigenvalue weighted by Gasteiger charge is 2.51. The van der Waals surface area contributed by atoms with Crippen molar-refractivity contribution in [2.45, 2.75) is 45.3 Å². The summed E-state index contributed by atoms with van der Waals surface area (Å²) in [4.78, 5) is 56.9. The van der Waals surface area contributed by atoms with Crippen LogP contribution < -0.4 is 11.3 Å². The van der Waals surface area contributed by atoms with Crippen LogP contribution in [0.3, 0.4) is 0 Å². The second kappa shape index (κ2) is 7.87. The molecule has 0 aromatic carbocycles. The lowest BCUT2D eigenvalue weighted by Gasteiger charge is -2.23. The molecule has 13 nitrogen and oxygen atoms in total. The topological polar surface area (TPSA) is 178 Å². The molecular weight excluding hydrogens is 390 g/mol. The number of carbonyl (C=O) groups excluding carboxylic acids is 3. The summed E-state index contributed by atoms with van der Waals surface area (Å²) < 4.78 is 22.8. The Kier molecular flexibility index (Phi) is 5.50. The lowest BCUT2D eigenvalue weighted by Crippen LogP contribution is -2.40. The van der Waals surface area contributed by atoms with E-state index in [9.17, 15) is 19.2 Å². The van der Waals surface area contributed by atoms with E-state index in [4.69, 9.17) is 24.7 Å². The molecule has 0 saturated carbocycles. The first-order valence-electron chi connectivity index (χ1n) is 8.53. The quantitative estimate of drug-likeness (QED) is 0.458. The Morgan fingerprint density at radius 2 is 1.83 bits per heavy atom. The minimum atomic E-state index is -1.13. The number of esters is 3. The number of H-pyrrole nitrogens is 1. The Labute approximate surface area is 163 Å². The van der Waals surface area contributed by atoms with Crippen molar-refractivity contribution in [2.75, 3.05) is 12.3 Å². The second-order valence-electron chi connectivity index (χ2n) is 6.29. The maximum absolute atomic E-state index is 12.0. The van der Waals surface area contributed by atoms with Crippen LogP contribution in [-0.2, 0) is 33.3 Å². The van der Waals surface area contributed by atoms with Crippen LogP contribution in [-0.4, -0.2) is 62.3 Å². The van der Waals surface area contributed by atoms with E-state index in [1.165, 1.54) is 31.7 Å². The van der Waals surface area contributed by atoms with Crippen LogP contribution in [0.4, 0.5) is 5.95 Å². The standard InChI is InChI=1S/C16H19N5O8/c1-6(22)26-4-9-11(27-7(2)23)12(28-8(3)24)15(29-9)21-5-18-10-13(21)19-16(17)20-14(10)25/h5,9,11-12,15H,4H2,1-3H3,(H3,17,19,20,25)/t9-,11?,12?,15-/m1/s1. The van der Waals surface area contributed by atoms with Crippen molar-refractivity contribution < 1.29 is 33.3 Å². The third-order valence-electron chi connectivity index (χ3n) is 4.07. The van der Waals surface area contributed by atoms with Gasteiger partial charge in [-0.15, -0.1) is 0 Å². The molecule has 0 aliphatic carbocycles. The maximum atomic E-state index is 12.0. The van der Waals surface area contributed by atoms with E-state index in [1.54, 1.807) is 0 Å². The van der Waals surface area contributed by atoms with Gasteiger partial charge in [-0.2, -0.15) is 4.98 Å². The number of aromatic amines is 1. The van der Waals surface area contributed by atoms with Crippen molar-refractivity contribution in [3.63, 3.8) is 0 Å². The first kappa shape index (κ1) is 20.3. The van der Waals surface area contributed by atoms with Gasteiger partial charge < -0.3 is 24.7 Å². The Hall–Kier alpha value is -3.48. The molecule has 156 valence electrons. The normalized spacial score (nSPS) is 23.7. The molecule has 13 heteroatoms. The molecule has 0 amide bonds. The van der Waals surface area contributed by atoms with Crippen molar-refractivity contribution in [3.05, 3.63) is 16.7 Å². The zero-order valence-electron chi connectivity index (χ0n) is 15.8. The third kappa shape index (κ3) is 4.18. The summed E-state index contributed by atoms with van der Waals surface area (Å²) in [5.74, 6) is -2.04. The van der Waals surface area contributed by atoms with Gasteiger partial charge in [0.1, 0.15) is 12.7 Å². The summed E-state index contributed by atoms with van der Waals surface area (Å²) in [5.41, 5.74) is 5.09. The van der Waals surface area contributed by atoms with E-state index in [0.29, 0.717) is 0 Å². The number of nitrogens with zero attached hydrogens (tertiary/aromatic N) is 3. The molecule has 29 heavy (non-hydrogen) atoms. The van der Waals surface area contributed by atoms with Gasteiger partial charge in [0, 0.05) is 20.8 Å². The van der Waals surface area contributed by atoms with E-state index in [2.05, 4.69) is 15.0 Å². The first-order chi connectivity index (χ1) is 13.7. The number of imidazole rings is 1. The number of fused-ring (bicyclic) bond motifs is 1. The average molecular weight is 409 g/mol. The van der Waals surface area contributed by atoms with Crippen molar-refractivity contribution in [3.8, 4) is 0 Å². The first-order valence-corrected chi connectivity index (χ1v) is 8.53. The number of hydrogen-bond acceptors (Lipinski definition) is 11. The third-order valence-corrected chi connectivity index (χ3v) is 4.07. The number of nitrogens with one attached hydrogen (secondary N) is 1. The molecule has 1 aliphatic rings. The van der Waals surface area contributed by atoms with Crippen LogP contribution in [0.25, 0.3) is 11.2 Å². The number of carbonyl (C=O) groups is 3. The minimum absolute atomic E-state index is 0.0168. The number of nitrogens with two attached hydrogens (primary N) is 1. The highest BCUT2D eigenvalue weighted by atomic mass is 16.7. The summed E-state index contributed by atoms with van der Waals surface area (Å²) >= 11 is 0. The molecule has 2 aromatic heterocycles. The highest BCUT2D eigenvalue weighted by Crippen LogP contribution is 2.35. The molecule has 3 N–H and O–H groups in total. The van der Waals surface area contributed by atoms with Crippen LogP contribution in [0, 0.1) is 0 Å². The molecule has 1 fully saturated rings. The van der Waals surface area contributed by atoms with Gasteiger partial charge in [-0.05, 0) is 0 Å². The zero-order chi connectivity index (χ0) is 21.3. The van der Waals surface area contributed by atoms with Crippen LogP contribution in [0.15, 0.2) is 11.1 Å². The number of anilines is 1. The predicted octanol–water partition coefficient (Wildman–Crippen LogP) is -0.974. The molecule has 0 radical (unpaired) electrons. The molecule has 1 aliphatic heterocycles. The fourth-order valence-electron chi connectivity index (χ4n) is 3.05. The van der Waals surface area contributed by atoms with Crippen molar-refractivity contribution in [1.29, 1.82) is 0 Å². The van der Waals surface area contributed by atoms with Gasteiger partial charge in [-0.25, -0.2) is 4.98 Å². The fourth-order valence-corrected chi connectivity index (χ4v) is 3.05. The summed E-state index contributed by atoms with van der Waals surface area (Å²) in [6.45, 7) is 3.30. The van der Waals surface area contributed by atoms with Crippen LogP contribution in [0.5, 0.6) is 0 Å². The largest absolute Gasteiger partial charge is 0.463 e. The van der Waals surface area contributed by atoms with Gasteiger partial charge in [0.05, 0.1) is 6.33 Å². The van der Waals surface area contributed by atoms with Crippen molar-refractivity contribution >= 4 is 35.0 Å². The van der Waals surface area contributed by atoms with Crippen LogP contribution >= 0.6 is 0 Å². The molecule has 3 heterocycles. The highest BCUT2D eigenvalue weighted by molar-refractivity contribution is 5.71. The van der Waals surface area contributed by atoms with Gasteiger partial charge in [-0.1, -0.05) is 0 Å². The van der Waals surface area contributed by atoms with Gasteiger partial charge >= 0.3 is 17.9 Å². The zero-order valence-corrected chi connectivity index (χ0v) is 15.8. The Morgan fingerprint density at radius 1 is 1.17 bits per heavy atom. The molecule has 4 atom stereocenters. The summed E-state index contributed by atoms with van der Waals surface area (Å²) in [6, 6.07) is 0. The summed E-state index contributed by atoms with van der Waals surface area (Å²) in [5, 5.41) is 0. The van der Waals surface area contributed by atoms with Gasteiger partial charge in [0.15, 0.2) is 29.6 Å². The number of hydrogen-bond donors (Lipinski definition) is 2. The average Bonchev–Trinajstić information content (AvgIpc) is 3.15. The van der Waals surface area contributed by atoms with E-state index in [1.807, 2.05) is 0 Å². The molecule has 1 saturated heterocycles. The van der Waals surface area contributed by atoms with E-state index in [-0.39, 0.29) is 23.7 Å². The van der Waals surface area contributed by atoms with Gasteiger partial charge in [0.2, 0.25) is 5.95 Å². The predicted molar refractivity (Wildman–Crippen MR) is 94.2 cm³/mol. The Morgan fingerprint density at radius 3 is 2.45 bits per heavy atom. The van der Waals surface area contributed by atoms with E-state index >= 15 is 0 Å². The monoisotopic (exact) mass is 409 g/mol. The molecule has 3 rings (SSSR count). The molecular formula is C16H19N5O8. The summed E-state index contributed by atoms with van der Waals surface area (Å²) in [6.07, 6.45) is -2.99. The number of nitrogen functional groups attached to an aromatic ring is 1. The fraction of sp³-hybridized carbons (Fsp3) is 0.500. The molecule has 2 aromatic rings. The maximum Gasteiger partial charge on any atom is 0.303 e. The molecule has 0 spiro atoms. The van der Waals surface area contributed by atoms with Gasteiger partial charge in [-0.3, -0.25) is 28.7 Å². The van der Waals surface area contributed by atoms with Gasteiger partial charge in [0.25, 0.3) is 5.56 Å². The minimum Gasteiger partial charge on any atom is -0.463 e. The summed E-state index contributed by atoms with van der Waals surface area (Å²) in [7, 11) is 0. The van der Waals surface area contributed by atoms with Crippen LogP contribution in [0.2, 0.25) is 0 Å². The van der Waals surface area contributed by atoms with E-state index < -0.39 is 48.0 Å². The van der Waals surface area contributed by atoms with E-state index in [0.717, 1.165) is 0 Å². The number of aromatic nitrogens is 4. The van der Waals surface area contributed by atoms with Crippen LogP contribution in [0.1, 0.15) is 27.0 Å². The van der Waals surface area contributed by atoms with Crippen molar-refractivity contribution in [1.82, 2.24) is 19.5 Å². The smallest absolute Gasteiger partial charge is 0.303 e. The second-order valence-corrected chi connectivity index (χ2v) is 6.29. The number of ether oxygens (including phenoxy) is 4. The number of rotatable bonds is 5. The van der Waals surface area contributed by atoms with Crippen molar-refractivity contribution in [2.24, 2.45) is 0 Å². The lowest BCUT2D eigenvalue weighted by atomic mass is 10.1. The molecule has 0 bridgehead atoms. The Balaban J connectivity index is 2.05. The lowest BCUT2D eigenvalue weighted by molar-refractivity contribution is -0.166. The SMILES string of the molecule is CC(=O)OC[C@H]1O[C@@H](n2cnc3c(=O)[nH]c(N)nc32)C(OC(C)=O)C1OC(C)=O. The molecule has 2 unspecified atom stereocenters.